The third-order valence-electron chi connectivity index (χ3n) is 3.59. The molecule has 1 unspecified atom stereocenters. The van der Waals surface area contributed by atoms with Crippen molar-refractivity contribution in [1.82, 2.24) is 5.32 Å². The van der Waals surface area contributed by atoms with Crippen molar-refractivity contribution in [2.45, 2.75) is 25.8 Å². The third-order valence-corrected chi connectivity index (χ3v) is 3.83. The van der Waals surface area contributed by atoms with Gasteiger partial charge >= 0.3 is 0 Å². The van der Waals surface area contributed by atoms with E-state index in [4.69, 9.17) is 22.1 Å². The summed E-state index contributed by atoms with van der Waals surface area (Å²) in [5, 5.41) is 3.51. The highest BCUT2D eigenvalue weighted by molar-refractivity contribution is 6.31. The zero-order valence-corrected chi connectivity index (χ0v) is 11.7. The summed E-state index contributed by atoms with van der Waals surface area (Å²) in [6.07, 6.45) is 1.96. The molecule has 1 amide bonds. The van der Waals surface area contributed by atoms with Crippen LogP contribution in [0, 0.1) is 5.92 Å². The lowest BCUT2D eigenvalue weighted by molar-refractivity contribution is 0.0538. The molecular formula is C14H19ClN2O2. The second-order valence-corrected chi connectivity index (χ2v) is 5.38. The van der Waals surface area contributed by atoms with Gasteiger partial charge in [0, 0.05) is 30.0 Å². The molecule has 1 aromatic rings. The number of carbonyl (C=O) groups excluding carboxylic acids is 1. The van der Waals surface area contributed by atoms with Crippen molar-refractivity contribution < 1.29 is 9.53 Å². The molecule has 0 radical (unpaired) electrons. The monoisotopic (exact) mass is 282 g/mol. The van der Waals surface area contributed by atoms with Crippen LogP contribution in [0.3, 0.4) is 0 Å². The topological polar surface area (TPSA) is 64.4 Å². The number of rotatable bonds is 3. The Balaban J connectivity index is 2.01. The van der Waals surface area contributed by atoms with Gasteiger partial charge in [0.1, 0.15) is 0 Å². The number of amides is 1. The number of carbonyl (C=O) groups is 1. The Morgan fingerprint density at radius 1 is 1.47 bits per heavy atom. The molecule has 3 N–H and O–H groups in total. The van der Waals surface area contributed by atoms with Gasteiger partial charge < -0.3 is 15.8 Å². The summed E-state index contributed by atoms with van der Waals surface area (Å²) in [6.45, 7) is 3.56. The number of anilines is 1. The van der Waals surface area contributed by atoms with E-state index >= 15 is 0 Å². The van der Waals surface area contributed by atoms with Crippen molar-refractivity contribution in [3.8, 4) is 0 Å². The molecule has 1 atom stereocenters. The Hall–Kier alpha value is -1.26. The number of halogens is 1. The lowest BCUT2D eigenvalue weighted by Crippen LogP contribution is -2.40. The maximum atomic E-state index is 12.2. The molecule has 1 heterocycles. The molecule has 0 spiro atoms. The highest BCUT2D eigenvalue weighted by Gasteiger charge is 2.22. The van der Waals surface area contributed by atoms with Gasteiger partial charge in [0.05, 0.1) is 5.56 Å². The molecule has 1 aliphatic rings. The molecule has 1 fully saturated rings. The molecule has 0 saturated carbocycles. The largest absolute Gasteiger partial charge is 0.398 e. The van der Waals surface area contributed by atoms with Crippen molar-refractivity contribution >= 4 is 23.2 Å². The first-order valence-corrected chi connectivity index (χ1v) is 6.89. The summed E-state index contributed by atoms with van der Waals surface area (Å²) in [6, 6.07) is 5.03. The van der Waals surface area contributed by atoms with Gasteiger partial charge in [-0.2, -0.15) is 0 Å². The molecule has 0 bridgehead atoms. The first-order valence-electron chi connectivity index (χ1n) is 6.51. The Labute approximate surface area is 118 Å². The fraction of sp³-hybridized carbons (Fsp3) is 0.500. The number of nitrogens with one attached hydrogen (secondary N) is 1. The van der Waals surface area contributed by atoms with Gasteiger partial charge in [-0.05, 0) is 43.9 Å². The van der Waals surface area contributed by atoms with Gasteiger partial charge in [0.25, 0.3) is 5.91 Å². The standard InChI is InChI=1S/C14H19ClN2O2/c1-9(10-4-6-19-7-5-10)17-14(18)12-8-11(15)2-3-13(12)16/h2-3,8-10H,4-7,16H2,1H3,(H,17,18). The molecule has 1 aliphatic heterocycles. The van der Waals surface area contributed by atoms with Crippen molar-refractivity contribution in [1.29, 1.82) is 0 Å². The molecular weight excluding hydrogens is 264 g/mol. The van der Waals surface area contributed by atoms with E-state index in [9.17, 15) is 4.79 Å². The van der Waals surface area contributed by atoms with E-state index < -0.39 is 0 Å². The maximum absolute atomic E-state index is 12.2. The summed E-state index contributed by atoms with van der Waals surface area (Å²) < 4.78 is 5.32. The quantitative estimate of drug-likeness (QED) is 0.837. The van der Waals surface area contributed by atoms with Crippen molar-refractivity contribution in [3.63, 3.8) is 0 Å². The molecule has 5 heteroatoms. The number of hydrogen-bond acceptors (Lipinski definition) is 3. The Bertz CT molecular complexity index is 459. The van der Waals surface area contributed by atoms with Crippen molar-refractivity contribution in [3.05, 3.63) is 28.8 Å². The van der Waals surface area contributed by atoms with E-state index in [1.807, 2.05) is 6.92 Å². The van der Waals surface area contributed by atoms with Gasteiger partial charge in [-0.15, -0.1) is 0 Å². The van der Waals surface area contributed by atoms with E-state index in [0.29, 0.717) is 22.2 Å². The van der Waals surface area contributed by atoms with E-state index in [1.54, 1.807) is 18.2 Å². The SMILES string of the molecule is CC(NC(=O)c1cc(Cl)ccc1N)C1CCOCC1. The minimum absolute atomic E-state index is 0.106. The van der Waals surface area contributed by atoms with E-state index in [0.717, 1.165) is 26.1 Å². The highest BCUT2D eigenvalue weighted by atomic mass is 35.5. The van der Waals surface area contributed by atoms with Crippen LogP contribution in [-0.4, -0.2) is 25.2 Å². The van der Waals surface area contributed by atoms with Crippen LogP contribution in [0.5, 0.6) is 0 Å². The number of ether oxygens (including phenoxy) is 1. The molecule has 1 saturated heterocycles. The zero-order chi connectivity index (χ0) is 13.8. The first-order chi connectivity index (χ1) is 9.08. The zero-order valence-electron chi connectivity index (χ0n) is 11.0. The molecule has 4 nitrogen and oxygen atoms in total. The third kappa shape index (κ3) is 3.61. The van der Waals surface area contributed by atoms with Crippen LogP contribution in [0.2, 0.25) is 5.02 Å². The number of nitrogen functional groups attached to an aromatic ring is 1. The summed E-state index contributed by atoms with van der Waals surface area (Å²) in [5.41, 5.74) is 6.69. The number of benzene rings is 1. The summed E-state index contributed by atoms with van der Waals surface area (Å²) >= 11 is 5.89. The van der Waals surface area contributed by atoms with E-state index in [2.05, 4.69) is 5.32 Å². The summed E-state index contributed by atoms with van der Waals surface area (Å²) in [5.74, 6) is 0.289. The molecule has 0 aliphatic carbocycles. The van der Waals surface area contributed by atoms with E-state index in [1.165, 1.54) is 0 Å². The van der Waals surface area contributed by atoms with Crippen LogP contribution in [0.4, 0.5) is 5.69 Å². The van der Waals surface area contributed by atoms with Crippen molar-refractivity contribution in [2.24, 2.45) is 5.92 Å². The smallest absolute Gasteiger partial charge is 0.253 e. The second kappa shape index (κ2) is 6.26. The van der Waals surface area contributed by atoms with Gasteiger partial charge in [-0.25, -0.2) is 0 Å². The Morgan fingerprint density at radius 3 is 2.84 bits per heavy atom. The lowest BCUT2D eigenvalue weighted by Gasteiger charge is -2.28. The Morgan fingerprint density at radius 2 is 2.16 bits per heavy atom. The predicted octanol–water partition coefficient (Wildman–Crippen LogP) is 2.47. The summed E-state index contributed by atoms with van der Waals surface area (Å²) in [4.78, 5) is 12.2. The van der Waals surface area contributed by atoms with Crippen LogP contribution < -0.4 is 11.1 Å². The molecule has 1 aromatic carbocycles. The minimum atomic E-state index is -0.168. The molecule has 0 aromatic heterocycles. The van der Waals surface area contributed by atoms with Crippen LogP contribution in [0.25, 0.3) is 0 Å². The molecule has 2 rings (SSSR count). The minimum Gasteiger partial charge on any atom is -0.398 e. The fourth-order valence-electron chi connectivity index (χ4n) is 2.34. The second-order valence-electron chi connectivity index (χ2n) is 4.94. The number of hydrogen-bond donors (Lipinski definition) is 2. The van der Waals surface area contributed by atoms with Crippen LogP contribution in [0.1, 0.15) is 30.1 Å². The fourth-order valence-corrected chi connectivity index (χ4v) is 2.52. The lowest BCUT2D eigenvalue weighted by atomic mass is 9.92. The van der Waals surface area contributed by atoms with Gasteiger partial charge in [-0.3, -0.25) is 4.79 Å². The normalized spacial score (nSPS) is 18.0. The van der Waals surface area contributed by atoms with Gasteiger partial charge in [0.2, 0.25) is 0 Å². The Kier molecular flexibility index (Phi) is 4.66. The van der Waals surface area contributed by atoms with Crippen molar-refractivity contribution in [2.75, 3.05) is 18.9 Å². The maximum Gasteiger partial charge on any atom is 0.253 e. The van der Waals surface area contributed by atoms with Crippen LogP contribution in [-0.2, 0) is 4.74 Å². The van der Waals surface area contributed by atoms with Crippen LogP contribution in [0.15, 0.2) is 18.2 Å². The van der Waals surface area contributed by atoms with Gasteiger partial charge in [-0.1, -0.05) is 11.6 Å². The molecule has 19 heavy (non-hydrogen) atoms. The molecule has 104 valence electrons. The highest BCUT2D eigenvalue weighted by Crippen LogP contribution is 2.21. The van der Waals surface area contributed by atoms with Crippen LogP contribution >= 0.6 is 11.6 Å². The summed E-state index contributed by atoms with van der Waals surface area (Å²) in [7, 11) is 0. The van der Waals surface area contributed by atoms with E-state index in [-0.39, 0.29) is 11.9 Å². The average molecular weight is 283 g/mol. The first kappa shape index (κ1) is 14.2. The van der Waals surface area contributed by atoms with Gasteiger partial charge in [0.15, 0.2) is 0 Å². The predicted molar refractivity (Wildman–Crippen MR) is 76.3 cm³/mol. The average Bonchev–Trinajstić information content (AvgIpc) is 2.42. The number of nitrogens with two attached hydrogens (primary N) is 1.